The number of aromatic nitrogens is 4. The van der Waals surface area contributed by atoms with Crippen LogP contribution >= 0.6 is 0 Å². The molecule has 2 aromatic heterocycles. The lowest BCUT2D eigenvalue weighted by atomic mass is 10.2. The predicted octanol–water partition coefficient (Wildman–Crippen LogP) is 1.47. The molecule has 0 bridgehead atoms. The van der Waals surface area contributed by atoms with Crippen molar-refractivity contribution in [2.24, 2.45) is 0 Å². The van der Waals surface area contributed by atoms with Gasteiger partial charge in [0.1, 0.15) is 6.54 Å². The SMILES string of the molecule is COC(=O)c1ccc(NC(=O)Cn2nc(-n3nc(C)cc3C)ccc2=O)cc1. The van der Waals surface area contributed by atoms with Gasteiger partial charge >= 0.3 is 5.97 Å². The highest BCUT2D eigenvalue weighted by Gasteiger charge is 2.11. The second-order valence-corrected chi connectivity index (χ2v) is 6.14. The average molecular weight is 381 g/mol. The molecule has 28 heavy (non-hydrogen) atoms. The van der Waals surface area contributed by atoms with E-state index >= 15 is 0 Å². The minimum atomic E-state index is -0.463. The highest BCUT2D eigenvalue weighted by atomic mass is 16.5. The summed E-state index contributed by atoms with van der Waals surface area (Å²) in [6.07, 6.45) is 0. The predicted molar refractivity (Wildman–Crippen MR) is 102 cm³/mol. The lowest BCUT2D eigenvalue weighted by molar-refractivity contribution is -0.117. The number of carbonyl (C=O) groups is 2. The molecule has 2 heterocycles. The second-order valence-electron chi connectivity index (χ2n) is 6.14. The smallest absolute Gasteiger partial charge is 0.337 e. The molecule has 1 N–H and O–H groups in total. The number of esters is 1. The Labute approximate surface area is 160 Å². The van der Waals surface area contributed by atoms with Crippen molar-refractivity contribution in [1.82, 2.24) is 19.6 Å². The third kappa shape index (κ3) is 4.14. The summed E-state index contributed by atoms with van der Waals surface area (Å²) in [5.74, 6) is -0.444. The van der Waals surface area contributed by atoms with Crippen LogP contribution < -0.4 is 10.9 Å². The van der Waals surface area contributed by atoms with E-state index in [9.17, 15) is 14.4 Å². The van der Waals surface area contributed by atoms with Crippen molar-refractivity contribution in [2.75, 3.05) is 12.4 Å². The summed E-state index contributed by atoms with van der Waals surface area (Å²) in [5.41, 5.74) is 2.15. The Morgan fingerprint density at radius 3 is 2.39 bits per heavy atom. The standard InChI is InChI=1S/C19H19N5O4/c1-12-10-13(2)24(21-12)16-8-9-18(26)23(22-16)11-17(25)20-15-6-4-14(5-7-15)19(27)28-3/h4-10H,11H2,1-3H3,(H,20,25). The number of rotatable bonds is 5. The Morgan fingerprint density at radius 1 is 1.07 bits per heavy atom. The van der Waals surface area contributed by atoms with Crippen LogP contribution in [0.5, 0.6) is 0 Å². The molecule has 0 aliphatic carbocycles. The van der Waals surface area contributed by atoms with Crippen LogP contribution in [-0.4, -0.2) is 38.5 Å². The number of benzene rings is 1. The highest BCUT2D eigenvalue weighted by molar-refractivity contribution is 5.92. The van der Waals surface area contributed by atoms with Crippen molar-refractivity contribution in [2.45, 2.75) is 20.4 Å². The molecule has 3 aromatic rings. The van der Waals surface area contributed by atoms with Gasteiger partial charge in [-0.05, 0) is 50.2 Å². The molecule has 0 fully saturated rings. The van der Waals surface area contributed by atoms with E-state index in [4.69, 9.17) is 0 Å². The van der Waals surface area contributed by atoms with Gasteiger partial charge in [0.15, 0.2) is 5.82 Å². The molecule has 0 spiro atoms. The van der Waals surface area contributed by atoms with Gasteiger partial charge in [-0.1, -0.05) is 0 Å². The van der Waals surface area contributed by atoms with Crippen molar-refractivity contribution >= 4 is 17.6 Å². The Hall–Kier alpha value is -3.75. The fourth-order valence-corrected chi connectivity index (χ4v) is 2.67. The van der Waals surface area contributed by atoms with Gasteiger partial charge in [-0.15, -0.1) is 5.10 Å². The van der Waals surface area contributed by atoms with Crippen LogP contribution in [0.1, 0.15) is 21.7 Å². The van der Waals surface area contributed by atoms with E-state index in [1.807, 2.05) is 19.9 Å². The van der Waals surface area contributed by atoms with Gasteiger partial charge in [0.05, 0.1) is 18.4 Å². The minimum Gasteiger partial charge on any atom is -0.465 e. The van der Waals surface area contributed by atoms with Crippen molar-refractivity contribution in [3.63, 3.8) is 0 Å². The Kier molecular flexibility index (Phi) is 5.35. The third-order valence-electron chi connectivity index (χ3n) is 3.96. The summed E-state index contributed by atoms with van der Waals surface area (Å²) >= 11 is 0. The van der Waals surface area contributed by atoms with Crippen LogP contribution in [0, 0.1) is 13.8 Å². The lowest BCUT2D eigenvalue weighted by Crippen LogP contribution is -2.30. The minimum absolute atomic E-state index is 0.259. The van der Waals surface area contributed by atoms with Gasteiger partial charge in [0, 0.05) is 17.4 Å². The van der Waals surface area contributed by atoms with Crippen LogP contribution in [-0.2, 0) is 16.1 Å². The van der Waals surface area contributed by atoms with Gasteiger partial charge in [-0.2, -0.15) is 5.10 Å². The number of carbonyl (C=O) groups excluding carboxylic acids is 2. The van der Waals surface area contributed by atoms with Crippen molar-refractivity contribution in [3.8, 4) is 5.82 Å². The summed E-state index contributed by atoms with van der Waals surface area (Å²) in [6, 6.07) is 11.0. The first-order chi connectivity index (χ1) is 13.4. The topological polar surface area (TPSA) is 108 Å². The number of hydrogen-bond acceptors (Lipinski definition) is 6. The third-order valence-corrected chi connectivity index (χ3v) is 3.96. The highest BCUT2D eigenvalue weighted by Crippen LogP contribution is 2.11. The molecule has 0 saturated carbocycles. The zero-order chi connectivity index (χ0) is 20.3. The van der Waals surface area contributed by atoms with Gasteiger partial charge in [0.25, 0.3) is 5.56 Å². The van der Waals surface area contributed by atoms with Crippen LogP contribution in [0.2, 0.25) is 0 Å². The van der Waals surface area contributed by atoms with Gasteiger partial charge in [-0.25, -0.2) is 14.2 Å². The normalized spacial score (nSPS) is 10.5. The quantitative estimate of drug-likeness (QED) is 0.671. The number of amides is 1. The maximum absolute atomic E-state index is 12.3. The Balaban J connectivity index is 1.75. The molecule has 1 aromatic carbocycles. The second kappa shape index (κ2) is 7.87. The molecule has 0 aliphatic heterocycles. The van der Waals surface area contributed by atoms with E-state index in [0.717, 1.165) is 16.1 Å². The number of nitrogens with zero attached hydrogens (tertiary/aromatic N) is 4. The summed E-state index contributed by atoms with van der Waals surface area (Å²) in [7, 11) is 1.29. The van der Waals surface area contributed by atoms with Crippen LogP contribution in [0.3, 0.4) is 0 Å². The van der Waals surface area contributed by atoms with Gasteiger partial charge in [-0.3, -0.25) is 9.59 Å². The first kappa shape index (κ1) is 19.0. The summed E-state index contributed by atoms with van der Waals surface area (Å²) < 4.78 is 7.31. The van der Waals surface area contributed by atoms with E-state index < -0.39 is 17.4 Å². The molecule has 1 amide bonds. The van der Waals surface area contributed by atoms with Crippen LogP contribution in [0.4, 0.5) is 5.69 Å². The number of hydrogen-bond donors (Lipinski definition) is 1. The van der Waals surface area contributed by atoms with Crippen molar-refractivity contribution in [3.05, 3.63) is 69.8 Å². The molecule has 0 saturated heterocycles. The summed E-state index contributed by atoms with van der Waals surface area (Å²) in [6.45, 7) is 3.48. The van der Waals surface area contributed by atoms with E-state index in [1.165, 1.54) is 25.3 Å². The van der Waals surface area contributed by atoms with E-state index in [1.54, 1.807) is 22.9 Å². The first-order valence-corrected chi connectivity index (χ1v) is 8.47. The van der Waals surface area contributed by atoms with Crippen molar-refractivity contribution < 1.29 is 14.3 Å². The zero-order valence-electron chi connectivity index (χ0n) is 15.7. The molecule has 0 radical (unpaired) electrons. The lowest BCUT2D eigenvalue weighted by Gasteiger charge is -2.09. The summed E-state index contributed by atoms with van der Waals surface area (Å²) in [5, 5.41) is 11.2. The van der Waals surface area contributed by atoms with Crippen molar-refractivity contribution in [1.29, 1.82) is 0 Å². The Morgan fingerprint density at radius 2 is 1.79 bits per heavy atom. The monoisotopic (exact) mass is 381 g/mol. The number of methoxy groups -OCH3 is 1. The number of aryl methyl sites for hydroxylation is 2. The zero-order valence-corrected chi connectivity index (χ0v) is 15.7. The fraction of sp³-hybridized carbons (Fsp3) is 0.211. The molecule has 9 heteroatoms. The summed E-state index contributed by atoms with van der Waals surface area (Å²) in [4.78, 5) is 35.8. The fourth-order valence-electron chi connectivity index (χ4n) is 2.67. The van der Waals surface area contributed by atoms with E-state index in [0.29, 0.717) is 17.1 Å². The van der Waals surface area contributed by atoms with Crippen LogP contribution in [0.15, 0.2) is 47.3 Å². The molecule has 9 nitrogen and oxygen atoms in total. The molecular weight excluding hydrogens is 362 g/mol. The number of nitrogens with one attached hydrogen (secondary N) is 1. The Bertz CT molecular complexity index is 1080. The van der Waals surface area contributed by atoms with E-state index in [2.05, 4.69) is 20.3 Å². The largest absolute Gasteiger partial charge is 0.465 e. The van der Waals surface area contributed by atoms with Gasteiger partial charge < -0.3 is 10.1 Å². The molecule has 144 valence electrons. The maximum Gasteiger partial charge on any atom is 0.337 e. The number of anilines is 1. The number of ether oxygens (including phenoxy) is 1. The average Bonchev–Trinajstić information content (AvgIpc) is 3.01. The maximum atomic E-state index is 12.3. The molecule has 0 aliphatic rings. The molecule has 0 atom stereocenters. The van der Waals surface area contributed by atoms with E-state index in [-0.39, 0.29) is 6.54 Å². The molecular formula is C19H19N5O4. The van der Waals surface area contributed by atoms with Gasteiger partial charge in [0.2, 0.25) is 5.91 Å². The first-order valence-electron chi connectivity index (χ1n) is 8.47. The molecule has 3 rings (SSSR count). The molecule has 0 unspecified atom stereocenters. The van der Waals surface area contributed by atoms with Crippen LogP contribution in [0.25, 0.3) is 5.82 Å².